The number of halogens is 1. The second-order valence-corrected chi connectivity index (χ2v) is 6.17. The number of methoxy groups -OCH3 is 2. The summed E-state index contributed by atoms with van der Waals surface area (Å²) in [6.45, 7) is 0. The number of allylic oxidation sites excluding steroid dienone is 3. The number of carbonyl (C=O) groups excluding carboxylic acids is 1. The van der Waals surface area contributed by atoms with Gasteiger partial charge in [-0.2, -0.15) is 5.26 Å². The largest absolute Gasteiger partial charge is 0.493 e. The molecule has 1 aromatic rings. The van der Waals surface area contributed by atoms with Crippen molar-refractivity contribution in [2.75, 3.05) is 14.2 Å². The molecule has 2 N–H and O–H groups in total. The lowest BCUT2D eigenvalue weighted by molar-refractivity contribution is -0.116. The van der Waals surface area contributed by atoms with Gasteiger partial charge in [0.1, 0.15) is 17.4 Å². The summed E-state index contributed by atoms with van der Waals surface area (Å²) in [5, 5.41) is 9.94. The number of nitrogens with zero attached hydrogens (tertiary/aromatic N) is 1. The highest BCUT2D eigenvalue weighted by atomic mass is 35.5. The van der Waals surface area contributed by atoms with Crippen molar-refractivity contribution in [3.8, 4) is 17.6 Å². The van der Waals surface area contributed by atoms with Crippen LogP contribution in [0.25, 0.3) is 0 Å². The topological polar surface area (TPSA) is 94.6 Å². The predicted octanol–water partition coefficient (Wildman–Crippen LogP) is 3.17. The lowest BCUT2D eigenvalue weighted by Gasteiger charge is -2.31. The van der Waals surface area contributed by atoms with E-state index in [0.29, 0.717) is 52.7 Å². The van der Waals surface area contributed by atoms with E-state index in [1.165, 1.54) is 14.2 Å². The quantitative estimate of drug-likeness (QED) is 0.889. The standard InChI is InChI=1S/C18H17ClN2O4/c1-23-14-6-9(11(19)7-15(14)24-2)16-10(8-20)18(21)25-13-5-3-4-12(22)17(13)16/h6-7,16H,3-5,21H2,1-2H3/t16-/m0/s1. The highest BCUT2D eigenvalue weighted by Gasteiger charge is 2.39. The Morgan fingerprint density at radius 3 is 2.60 bits per heavy atom. The summed E-state index contributed by atoms with van der Waals surface area (Å²) in [7, 11) is 3.01. The zero-order valence-corrected chi connectivity index (χ0v) is 14.6. The summed E-state index contributed by atoms with van der Waals surface area (Å²) in [6.07, 6.45) is 1.70. The van der Waals surface area contributed by atoms with Crippen LogP contribution < -0.4 is 15.2 Å². The molecule has 2 aliphatic rings. The lowest BCUT2D eigenvalue weighted by Crippen LogP contribution is -2.27. The van der Waals surface area contributed by atoms with Crippen LogP contribution in [0.2, 0.25) is 5.02 Å². The molecule has 1 aliphatic heterocycles. The summed E-state index contributed by atoms with van der Waals surface area (Å²) in [5.41, 5.74) is 7.12. The molecule has 0 saturated carbocycles. The van der Waals surface area contributed by atoms with Crippen molar-refractivity contribution < 1.29 is 19.0 Å². The number of nitrogens with two attached hydrogens (primary N) is 1. The fourth-order valence-corrected chi connectivity index (χ4v) is 3.52. The molecule has 0 unspecified atom stereocenters. The molecule has 0 aromatic heterocycles. The van der Waals surface area contributed by atoms with Gasteiger partial charge in [-0.1, -0.05) is 11.6 Å². The van der Waals surface area contributed by atoms with Gasteiger partial charge in [0, 0.05) is 29.5 Å². The SMILES string of the molecule is COc1cc(Cl)c([C@H]2C(C#N)=C(N)OC3=C2C(=O)CCC3)cc1OC. The smallest absolute Gasteiger partial charge is 0.205 e. The third-order valence-electron chi connectivity index (χ3n) is 4.42. The van der Waals surface area contributed by atoms with Gasteiger partial charge in [0.15, 0.2) is 17.3 Å². The average Bonchev–Trinajstić information content (AvgIpc) is 2.60. The molecule has 3 rings (SSSR count). The van der Waals surface area contributed by atoms with Crippen LogP contribution in [0.4, 0.5) is 0 Å². The van der Waals surface area contributed by atoms with Crippen LogP contribution in [0, 0.1) is 11.3 Å². The van der Waals surface area contributed by atoms with Crippen molar-refractivity contribution >= 4 is 17.4 Å². The molecule has 6 nitrogen and oxygen atoms in total. The van der Waals surface area contributed by atoms with E-state index in [-0.39, 0.29) is 17.2 Å². The number of nitriles is 1. The Morgan fingerprint density at radius 1 is 1.28 bits per heavy atom. The highest BCUT2D eigenvalue weighted by molar-refractivity contribution is 6.31. The van der Waals surface area contributed by atoms with Gasteiger partial charge in [-0.25, -0.2) is 0 Å². The molecule has 0 fully saturated rings. The first kappa shape index (κ1) is 17.2. The van der Waals surface area contributed by atoms with Gasteiger partial charge in [-0.3, -0.25) is 4.79 Å². The van der Waals surface area contributed by atoms with E-state index in [0.717, 1.165) is 0 Å². The molecule has 1 heterocycles. The van der Waals surface area contributed by atoms with E-state index in [1.807, 2.05) is 0 Å². The predicted molar refractivity (Wildman–Crippen MR) is 91.1 cm³/mol. The van der Waals surface area contributed by atoms with Crippen LogP contribution in [0.3, 0.4) is 0 Å². The van der Waals surface area contributed by atoms with Crippen LogP contribution in [0.1, 0.15) is 30.7 Å². The summed E-state index contributed by atoms with van der Waals surface area (Å²) in [5.74, 6) is 0.708. The second kappa shape index (κ2) is 6.69. The van der Waals surface area contributed by atoms with Crippen LogP contribution in [-0.2, 0) is 9.53 Å². The van der Waals surface area contributed by atoms with E-state index < -0.39 is 5.92 Å². The first-order chi connectivity index (χ1) is 12.0. The van der Waals surface area contributed by atoms with Crippen molar-refractivity contribution in [1.29, 1.82) is 5.26 Å². The van der Waals surface area contributed by atoms with Gasteiger partial charge in [-0.15, -0.1) is 0 Å². The van der Waals surface area contributed by atoms with Gasteiger partial charge in [0.2, 0.25) is 5.88 Å². The van der Waals surface area contributed by atoms with Gasteiger partial charge in [-0.05, 0) is 18.1 Å². The molecule has 0 amide bonds. The normalized spacial score (nSPS) is 19.9. The van der Waals surface area contributed by atoms with E-state index >= 15 is 0 Å². The van der Waals surface area contributed by atoms with E-state index in [1.54, 1.807) is 12.1 Å². The molecule has 130 valence electrons. The Bertz CT molecular complexity index is 851. The molecular formula is C18H17ClN2O4. The maximum Gasteiger partial charge on any atom is 0.205 e. The van der Waals surface area contributed by atoms with Crippen LogP contribution in [-0.4, -0.2) is 20.0 Å². The summed E-state index contributed by atoms with van der Waals surface area (Å²) in [6, 6.07) is 5.34. The second-order valence-electron chi connectivity index (χ2n) is 5.77. The molecule has 1 aliphatic carbocycles. The maximum absolute atomic E-state index is 12.6. The van der Waals surface area contributed by atoms with Crippen molar-refractivity contribution in [3.63, 3.8) is 0 Å². The average molecular weight is 361 g/mol. The Morgan fingerprint density at radius 2 is 1.96 bits per heavy atom. The molecule has 0 spiro atoms. The molecule has 1 atom stereocenters. The highest BCUT2D eigenvalue weighted by Crippen LogP contribution is 2.47. The summed E-state index contributed by atoms with van der Waals surface area (Å²) in [4.78, 5) is 12.6. The van der Waals surface area contributed by atoms with Gasteiger partial charge in [0.05, 0.1) is 20.1 Å². The Hall–Kier alpha value is -2.65. The van der Waals surface area contributed by atoms with Crippen LogP contribution in [0.15, 0.2) is 34.9 Å². The minimum absolute atomic E-state index is 0.00630. The number of carbonyl (C=O) groups is 1. The minimum Gasteiger partial charge on any atom is -0.493 e. The molecule has 0 saturated heterocycles. The van der Waals surface area contributed by atoms with Crippen molar-refractivity contribution in [2.45, 2.75) is 25.2 Å². The number of rotatable bonds is 3. The van der Waals surface area contributed by atoms with Crippen LogP contribution in [0.5, 0.6) is 11.5 Å². The number of hydrogen-bond acceptors (Lipinski definition) is 6. The molecular weight excluding hydrogens is 344 g/mol. The van der Waals surface area contributed by atoms with E-state index in [4.69, 9.17) is 31.5 Å². The number of ketones is 1. The first-order valence-corrected chi connectivity index (χ1v) is 8.14. The fraction of sp³-hybridized carbons (Fsp3) is 0.333. The maximum atomic E-state index is 12.6. The molecule has 0 radical (unpaired) electrons. The Kier molecular flexibility index (Phi) is 4.60. The van der Waals surface area contributed by atoms with Gasteiger partial charge in [0.25, 0.3) is 0 Å². The van der Waals surface area contributed by atoms with Crippen molar-refractivity contribution in [1.82, 2.24) is 0 Å². The summed E-state index contributed by atoms with van der Waals surface area (Å²) < 4.78 is 16.1. The Balaban J connectivity index is 2.24. The first-order valence-electron chi connectivity index (χ1n) is 7.77. The monoisotopic (exact) mass is 360 g/mol. The molecule has 25 heavy (non-hydrogen) atoms. The zero-order valence-electron chi connectivity index (χ0n) is 13.9. The lowest BCUT2D eigenvalue weighted by atomic mass is 9.77. The molecule has 0 bridgehead atoms. The molecule has 1 aromatic carbocycles. The van der Waals surface area contributed by atoms with Crippen molar-refractivity contribution in [3.05, 3.63) is 45.5 Å². The zero-order chi connectivity index (χ0) is 18.1. The molecule has 7 heteroatoms. The number of Topliss-reactive ketones (excluding diaryl/α,β-unsaturated/α-hetero) is 1. The number of benzene rings is 1. The van der Waals surface area contributed by atoms with Crippen LogP contribution >= 0.6 is 11.6 Å². The van der Waals surface area contributed by atoms with E-state index in [9.17, 15) is 10.1 Å². The third kappa shape index (κ3) is 2.81. The van der Waals surface area contributed by atoms with Gasteiger partial charge >= 0.3 is 0 Å². The van der Waals surface area contributed by atoms with Crippen molar-refractivity contribution in [2.24, 2.45) is 5.73 Å². The Labute approximate surface area is 150 Å². The summed E-state index contributed by atoms with van der Waals surface area (Å²) >= 11 is 6.44. The minimum atomic E-state index is -0.672. The number of hydrogen-bond donors (Lipinski definition) is 1. The van der Waals surface area contributed by atoms with Gasteiger partial charge < -0.3 is 19.9 Å². The number of ether oxygens (including phenoxy) is 3. The third-order valence-corrected chi connectivity index (χ3v) is 4.75. The fourth-order valence-electron chi connectivity index (χ4n) is 3.26. The van der Waals surface area contributed by atoms with E-state index in [2.05, 4.69) is 6.07 Å².